The van der Waals surface area contributed by atoms with Crippen molar-refractivity contribution >= 4 is 22.0 Å². The lowest BCUT2D eigenvalue weighted by molar-refractivity contribution is 0.179. The number of amides is 1. The van der Waals surface area contributed by atoms with Gasteiger partial charge in [-0.3, -0.25) is 0 Å². The van der Waals surface area contributed by atoms with Crippen molar-refractivity contribution in [2.24, 2.45) is 0 Å². The lowest BCUT2D eigenvalue weighted by Crippen LogP contribution is -2.43. The molecule has 1 atom stereocenters. The zero-order valence-corrected chi connectivity index (χ0v) is 11.9. The standard InChI is InChI=1S/C13H18BrNO2/c1-9(8-13(2,3)15-12(16)17)10-5-4-6-11(14)7-10/h4-7,9,15H,8H2,1-3H3,(H,16,17)/t9-/m1/s1. The first-order chi connectivity index (χ1) is 7.80. The Morgan fingerprint density at radius 2 is 2.18 bits per heavy atom. The van der Waals surface area contributed by atoms with Crippen LogP contribution < -0.4 is 5.32 Å². The summed E-state index contributed by atoms with van der Waals surface area (Å²) < 4.78 is 1.05. The highest BCUT2D eigenvalue weighted by Crippen LogP contribution is 2.27. The molecule has 0 heterocycles. The van der Waals surface area contributed by atoms with Crippen molar-refractivity contribution in [2.45, 2.75) is 38.6 Å². The quantitative estimate of drug-likeness (QED) is 0.883. The van der Waals surface area contributed by atoms with Gasteiger partial charge in [0.25, 0.3) is 0 Å². The first kappa shape index (κ1) is 14.0. The van der Waals surface area contributed by atoms with Gasteiger partial charge in [0.2, 0.25) is 0 Å². The summed E-state index contributed by atoms with van der Waals surface area (Å²) >= 11 is 3.44. The van der Waals surface area contributed by atoms with Crippen molar-refractivity contribution < 1.29 is 9.90 Å². The van der Waals surface area contributed by atoms with Crippen LogP contribution >= 0.6 is 15.9 Å². The molecule has 0 bridgehead atoms. The number of carbonyl (C=O) groups is 1. The highest BCUT2D eigenvalue weighted by Gasteiger charge is 2.23. The van der Waals surface area contributed by atoms with Crippen LogP contribution in [-0.4, -0.2) is 16.7 Å². The monoisotopic (exact) mass is 299 g/mol. The molecule has 94 valence electrons. The van der Waals surface area contributed by atoms with E-state index in [4.69, 9.17) is 5.11 Å². The lowest BCUT2D eigenvalue weighted by Gasteiger charge is -2.28. The fourth-order valence-electron chi connectivity index (χ4n) is 2.04. The van der Waals surface area contributed by atoms with Gasteiger partial charge in [-0.05, 0) is 43.9 Å². The molecule has 1 aromatic rings. The Labute approximate surface area is 110 Å². The van der Waals surface area contributed by atoms with Crippen LogP contribution in [0.4, 0.5) is 4.79 Å². The molecule has 0 aromatic heterocycles. The lowest BCUT2D eigenvalue weighted by atomic mass is 9.87. The molecule has 0 saturated heterocycles. The minimum atomic E-state index is -0.976. The first-order valence-electron chi connectivity index (χ1n) is 5.57. The molecule has 17 heavy (non-hydrogen) atoms. The minimum absolute atomic E-state index is 0.300. The second-order valence-corrected chi connectivity index (χ2v) is 5.89. The molecule has 0 saturated carbocycles. The van der Waals surface area contributed by atoms with Gasteiger partial charge >= 0.3 is 6.09 Å². The molecule has 0 unspecified atom stereocenters. The Morgan fingerprint density at radius 1 is 1.53 bits per heavy atom. The van der Waals surface area contributed by atoms with Gasteiger partial charge in [-0.15, -0.1) is 0 Å². The average Bonchev–Trinajstić information content (AvgIpc) is 2.14. The van der Waals surface area contributed by atoms with E-state index in [1.54, 1.807) is 0 Å². The van der Waals surface area contributed by atoms with Crippen LogP contribution in [0.3, 0.4) is 0 Å². The third-order valence-electron chi connectivity index (χ3n) is 2.68. The fourth-order valence-corrected chi connectivity index (χ4v) is 2.45. The second-order valence-electron chi connectivity index (χ2n) is 4.97. The first-order valence-corrected chi connectivity index (χ1v) is 6.36. The molecule has 0 radical (unpaired) electrons. The van der Waals surface area contributed by atoms with E-state index in [0.29, 0.717) is 5.92 Å². The number of hydrogen-bond donors (Lipinski definition) is 2. The summed E-state index contributed by atoms with van der Waals surface area (Å²) in [6.45, 7) is 5.90. The van der Waals surface area contributed by atoms with Crippen molar-refractivity contribution in [1.29, 1.82) is 0 Å². The zero-order valence-electron chi connectivity index (χ0n) is 10.3. The average molecular weight is 300 g/mol. The predicted octanol–water partition coefficient (Wildman–Crippen LogP) is 3.99. The van der Waals surface area contributed by atoms with Gasteiger partial charge in [-0.1, -0.05) is 35.0 Å². The van der Waals surface area contributed by atoms with E-state index in [9.17, 15) is 4.79 Å². The predicted molar refractivity (Wildman–Crippen MR) is 72.4 cm³/mol. The molecular formula is C13H18BrNO2. The van der Waals surface area contributed by atoms with Crippen LogP contribution in [0.1, 0.15) is 38.7 Å². The maximum Gasteiger partial charge on any atom is 0.405 e. The SMILES string of the molecule is C[C@H](CC(C)(C)NC(=O)O)c1cccc(Br)c1. The minimum Gasteiger partial charge on any atom is -0.465 e. The Hall–Kier alpha value is -1.03. The van der Waals surface area contributed by atoms with E-state index in [0.717, 1.165) is 10.9 Å². The number of benzene rings is 1. The Balaban J connectivity index is 2.71. The molecule has 0 aliphatic rings. The molecule has 0 fully saturated rings. The Kier molecular flexibility index (Phi) is 4.57. The van der Waals surface area contributed by atoms with Gasteiger partial charge in [0.15, 0.2) is 0 Å². The topological polar surface area (TPSA) is 49.3 Å². The summed E-state index contributed by atoms with van der Waals surface area (Å²) in [5.74, 6) is 0.300. The number of nitrogens with one attached hydrogen (secondary N) is 1. The maximum absolute atomic E-state index is 10.7. The van der Waals surface area contributed by atoms with Gasteiger partial charge in [-0.2, -0.15) is 0 Å². The Morgan fingerprint density at radius 3 is 2.71 bits per heavy atom. The summed E-state index contributed by atoms with van der Waals surface area (Å²) in [5, 5.41) is 11.3. The molecule has 0 spiro atoms. The zero-order chi connectivity index (χ0) is 13.1. The second kappa shape index (κ2) is 5.54. The molecular weight excluding hydrogens is 282 g/mol. The molecule has 4 heteroatoms. The summed E-state index contributed by atoms with van der Waals surface area (Å²) in [7, 11) is 0. The molecule has 1 amide bonds. The molecule has 1 aromatic carbocycles. The van der Waals surface area contributed by atoms with Crippen molar-refractivity contribution in [2.75, 3.05) is 0 Å². The van der Waals surface area contributed by atoms with Gasteiger partial charge in [0.05, 0.1) is 0 Å². The number of halogens is 1. The number of rotatable bonds is 4. The third-order valence-corrected chi connectivity index (χ3v) is 3.17. The molecule has 0 aliphatic heterocycles. The Bertz CT molecular complexity index is 404. The van der Waals surface area contributed by atoms with Crippen LogP contribution in [0.25, 0.3) is 0 Å². The van der Waals surface area contributed by atoms with E-state index in [2.05, 4.69) is 40.3 Å². The van der Waals surface area contributed by atoms with E-state index in [-0.39, 0.29) is 0 Å². The van der Waals surface area contributed by atoms with Crippen LogP contribution in [0, 0.1) is 0 Å². The number of carboxylic acid groups (broad SMARTS) is 1. The third kappa shape index (κ3) is 4.77. The highest BCUT2D eigenvalue weighted by atomic mass is 79.9. The van der Waals surface area contributed by atoms with Crippen LogP contribution in [-0.2, 0) is 0 Å². The molecule has 2 N–H and O–H groups in total. The summed E-state index contributed by atoms with van der Waals surface area (Å²) in [6, 6.07) is 8.11. The van der Waals surface area contributed by atoms with Crippen LogP contribution in [0.5, 0.6) is 0 Å². The van der Waals surface area contributed by atoms with Crippen molar-refractivity contribution in [3.8, 4) is 0 Å². The summed E-state index contributed by atoms with van der Waals surface area (Å²) in [6.07, 6.45) is -0.216. The molecule has 0 aliphatic carbocycles. The van der Waals surface area contributed by atoms with E-state index in [1.165, 1.54) is 5.56 Å². The van der Waals surface area contributed by atoms with Crippen molar-refractivity contribution in [3.05, 3.63) is 34.3 Å². The highest BCUT2D eigenvalue weighted by molar-refractivity contribution is 9.10. The van der Waals surface area contributed by atoms with E-state index < -0.39 is 11.6 Å². The maximum atomic E-state index is 10.7. The normalized spacial score (nSPS) is 13.2. The number of hydrogen-bond acceptors (Lipinski definition) is 1. The molecule has 3 nitrogen and oxygen atoms in total. The van der Waals surface area contributed by atoms with Gasteiger partial charge < -0.3 is 10.4 Å². The van der Waals surface area contributed by atoms with Gasteiger partial charge in [0.1, 0.15) is 0 Å². The van der Waals surface area contributed by atoms with Gasteiger partial charge in [0, 0.05) is 10.0 Å². The van der Waals surface area contributed by atoms with E-state index in [1.807, 2.05) is 26.0 Å². The molecule has 1 rings (SSSR count). The fraction of sp³-hybridized carbons (Fsp3) is 0.462. The van der Waals surface area contributed by atoms with Crippen molar-refractivity contribution in [3.63, 3.8) is 0 Å². The van der Waals surface area contributed by atoms with Crippen LogP contribution in [0.15, 0.2) is 28.7 Å². The smallest absolute Gasteiger partial charge is 0.405 e. The van der Waals surface area contributed by atoms with Crippen LogP contribution in [0.2, 0.25) is 0 Å². The van der Waals surface area contributed by atoms with Crippen molar-refractivity contribution in [1.82, 2.24) is 5.32 Å². The summed E-state index contributed by atoms with van der Waals surface area (Å²) in [4.78, 5) is 10.7. The summed E-state index contributed by atoms with van der Waals surface area (Å²) in [5.41, 5.74) is 0.785. The van der Waals surface area contributed by atoms with Gasteiger partial charge in [-0.25, -0.2) is 4.79 Å². The largest absolute Gasteiger partial charge is 0.465 e. The van der Waals surface area contributed by atoms with E-state index >= 15 is 0 Å².